The number of carbonyl (C=O) groups excluding carboxylic acids is 2. The van der Waals surface area contributed by atoms with Crippen molar-refractivity contribution in [3.8, 4) is 0 Å². The topological polar surface area (TPSA) is 67.4 Å². The van der Waals surface area contributed by atoms with E-state index in [2.05, 4.69) is 33.1 Å². The normalized spacial score (nSPS) is 17.8. The van der Waals surface area contributed by atoms with Crippen molar-refractivity contribution in [3.05, 3.63) is 58.2 Å². The largest absolute Gasteiger partial charge is 0.458 e. The Bertz CT molecular complexity index is 625. The van der Waals surface area contributed by atoms with Gasteiger partial charge in [0.1, 0.15) is 6.61 Å². The number of rotatable bonds is 4. The van der Waals surface area contributed by atoms with Crippen molar-refractivity contribution in [2.24, 2.45) is 0 Å². The molecule has 2 rings (SSSR count). The van der Waals surface area contributed by atoms with Gasteiger partial charge in [-0.2, -0.15) is 0 Å². The molecule has 1 heterocycles. The van der Waals surface area contributed by atoms with Crippen LogP contribution in [0.5, 0.6) is 0 Å². The van der Waals surface area contributed by atoms with Crippen molar-refractivity contribution < 1.29 is 14.3 Å². The van der Waals surface area contributed by atoms with Crippen LogP contribution in [0.3, 0.4) is 0 Å². The van der Waals surface area contributed by atoms with Crippen molar-refractivity contribution in [2.45, 2.75) is 13.0 Å². The Morgan fingerprint density at radius 3 is 2.86 bits per heavy atom. The zero-order valence-corrected chi connectivity index (χ0v) is 13.1. The standard InChI is InChI=1S/C15H15BrN2O3/c1-3-8-21-14(19)12-9(2)17-15(20)18-13(12)10-6-4-5-7-11(10)16/h3-7,13H,1,8H2,2H3,(H2,17,18,20)/t13-/m1/s1. The predicted molar refractivity (Wildman–Crippen MR) is 82.4 cm³/mol. The van der Waals surface area contributed by atoms with E-state index in [1.165, 1.54) is 6.08 Å². The van der Waals surface area contributed by atoms with Crippen LogP contribution in [0.15, 0.2) is 52.7 Å². The van der Waals surface area contributed by atoms with Crippen LogP contribution in [0.25, 0.3) is 0 Å². The Morgan fingerprint density at radius 2 is 2.19 bits per heavy atom. The number of amides is 2. The Labute approximate surface area is 131 Å². The second-order valence-corrected chi connectivity index (χ2v) is 5.33. The lowest BCUT2D eigenvalue weighted by atomic mass is 9.95. The fourth-order valence-corrected chi connectivity index (χ4v) is 2.63. The molecule has 2 N–H and O–H groups in total. The minimum atomic E-state index is -0.563. The van der Waals surface area contributed by atoms with Gasteiger partial charge in [-0.3, -0.25) is 0 Å². The number of hydrogen-bond acceptors (Lipinski definition) is 3. The monoisotopic (exact) mass is 350 g/mol. The second kappa shape index (κ2) is 6.58. The number of ether oxygens (including phenoxy) is 1. The molecule has 0 saturated heterocycles. The van der Waals surface area contributed by atoms with Crippen LogP contribution in [-0.4, -0.2) is 18.6 Å². The summed E-state index contributed by atoms with van der Waals surface area (Å²) >= 11 is 3.44. The first-order chi connectivity index (χ1) is 10.0. The summed E-state index contributed by atoms with van der Waals surface area (Å²) in [7, 11) is 0. The van der Waals surface area contributed by atoms with Crippen molar-refractivity contribution in [1.82, 2.24) is 10.6 Å². The molecule has 5 nitrogen and oxygen atoms in total. The molecule has 0 unspecified atom stereocenters. The molecule has 21 heavy (non-hydrogen) atoms. The van der Waals surface area contributed by atoms with E-state index < -0.39 is 12.0 Å². The lowest BCUT2D eigenvalue weighted by Crippen LogP contribution is -2.45. The SMILES string of the molecule is C=CCOC(=O)C1=C(C)NC(=O)N[C@@H]1c1ccccc1Br. The van der Waals surface area contributed by atoms with Crippen LogP contribution in [0.4, 0.5) is 4.79 Å². The van der Waals surface area contributed by atoms with Gasteiger partial charge in [0.2, 0.25) is 0 Å². The number of halogens is 1. The molecule has 1 aliphatic rings. The number of urea groups is 1. The molecule has 1 atom stereocenters. The first kappa shape index (κ1) is 15.3. The van der Waals surface area contributed by atoms with E-state index in [1.54, 1.807) is 6.92 Å². The van der Waals surface area contributed by atoms with Crippen molar-refractivity contribution in [3.63, 3.8) is 0 Å². The molecule has 6 heteroatoms. The first-order valence-electron chi connectivity index (χ1n) is 6.35. The Morgan fingerprint density at radius 1 is 1.48 bits per heavy atom. The van der Waals surface area contributed by atoms with E-state index >= 15 is 0 Å². The van der Waals surface area contributed by atoms with Gasteiger partial charge in [-0.1, -0.05) is 46.8 Å². The molecule has 1 aromatic rings. The quantitative estimate of drug-likeness (QED) is 0.648. The molecule has 0 aromatic heterocycles. The molecule has 2 amide bonds. The van der Waals surface area contributed by atoms with E-state index in [4.69, 9.17) is 4.74 Å². The highest BCUT2D eigenvalue weighted by Gasteiger charge is 2.32. The number of nitrogens with one attached hydrogen (secondary N) is 2. The van der Waals surface area contributed by atoms with Crippen LogP contribution in [0.1, 0.15) is 18.5 Å². The van der Waals surface area contributed by atoms with Crippen molar-refractivity contribution in [1.29, 1.82) is 0 Å². The van der Waals surface area contributed by atoms with E-state index in [9.17, 15) is 9.59 Å². The van der Waals surface area contributed by atoms with Gasteiger partial charge in [0.15, 0.2) is 0 Å². The molecule has 1 aliphatic heterocycles. The molecule has 1 aromatic carbocycles. The van der Waals surface area contributed by atoms with E-state index in [-0.39, 0.29) is 12.6 Å². The van der Waals surface area contributed by atoms with Crippen LogP contribution in [-0.2, 0) is 9.53 Å². The summed E-state index contributed by atoms with van der Waals surface area (Å²) < 4.78 is 5.91. The number of benzene rings is 1. The van der Waals surface area contributed by atoms with Crippen LogP contribution >= 0.6 is 15.9 Å². The second-order valence-electron chi connectivity index (χ2n) is 4.48. The minimum absolute atomic E-state index is 0.117. The summed E-state index contributed by atoms with van der Waals surface area (Å²) in [6, 6.07) is 6.49. The highest BCUT2D eigenvalue weighted by atomic mass is 79.9. The van der Waals surface area contributed by atoms with E-state index in [0.717, 1.165) is 10.0 Å². The summed E-state index contributed by atoms with van der Waals surface area (Å²) in [5.74, 6) is -0.486. The summed E-state index contributed by atoms with van der Waals surface area (Å²) in [4.78, 5) is 23.9. The van der Waals surface area contributed by atoms with Gasteiger partial charge >= 0.3 is 12.0 Å². The lowest BCUT2D eigenvalue weighted by molar-refractivity contribution is -0.138. The Kier molecular flexibility index (Phi) is 4.80. The van der Waals surface area contributed by atoms with Gasteiger partial charge in [-0.05, 0) is 18.6 Å². The third-order valence-corrected chi connectivity index (χ3v) is 3.76. The van der Waals surface area contributed by atoms with Gasteiger partial charge in [0.05, 0.1) is 11.6 Å². The van der Waals surface area contributed by atoms with Gasteiger partial charge in [-0.15, -0.1) is 0 Å². The number of esters is 1. The highest BCUT2D eigenvalue weighted by Crippen LogP contribution is 2.32. The molecular weight excluding hydrogens is 336 g/mol. The molecule has 0 radical (unpaired) electrons. The fraction of sp³-hybridized carbons (Fsp3) is 0.200. The summed E-state index contributed by atoms with van der Waals surface area (Å²) in [6.45, 7) is 5.31. The fourth-order valence-electron chi connectivity index (χ4n) is 2.12. The number of hydrogen-bond donors (Lipinski definition) is 2. The van der Waals surface area contributed by atoms with Crippen molar-refractivity contribution in [2.75, 3.05) is 6.61 Å². The molecule has 0 spiro atoms. The average Bonchev–Trinajstić information content (AvgIpc) is 2.44. The summed E-state index contributed by atoms with van der Waals surface area (Å²) in [5.41, 5.74) is 1.65. The van der Waals surface area contributed by atoms with Gasteiger partial charge in [0, 0.05) is 10.2 Å². The molecular formula is C15H15BrN2O3. The summed E-state index contributed by atoms with van der Waals surface area (Å²) in [5, 5.41) is 5.34. The zero-order valence-electron chi connectivity index (χ0n) is 11.5. The minimum Gasteiger partial charge on any atom is -0.458 e. The lowest BCUT2D eigenvalue weighted by Gasteiger charge is -2.28. The molecule has 0 aliphatic carbocycles. The van der Waals surface area contributed by atoms with Gasteiger partial charge in [0.25, 0.3) is 0 Å². The third-order valence-electron chi connectivity index (χ3n) is 3.04. The maximum Gasteiger partial charge on any atom is 0.338 e. The molecule has 0 fully saturated rings. The molecule has 110 valence electrons. The van der Waals surface area contributed by atoms with E-state index in [1.807, 2.05) is 24.3 Å². The van der Waals surface area contributed by atoms with Crippen LogP contribution in [0, 0.1) is 0 Å². The van der Waals surface area contributed by atoms with Gasteiger partial charge in [-0.25, -0.2) is 9.59 Å². The van der Waals surface area contributed by atoms with Crippen molar-refractivity contribution >= 4 is 27.9 Å². The van der Waals surface area contributed by atoms with Crippen LogP contribution < -0.4 is 10.6 Å². The van der Waals surface area contributed by atoms with Crippen LogP contribution in [0.2, 0.25) is 0 Å². The smallest absolute Gasteiger partial charge is 0.338 e. The molecule has 0 saturated carbocycles. The maximum absolute atomic E-state index is 12.2. The first-order valence-corrected chi connectivity index (χ1v) is 7.14. The molecule has 0 bridgehead atoms. The number of allylic oxidation sites excluding steroid dienone is 1. The average molecular weight is 351 g/mol. The highest BCUT2D eigenvalue weighted by molar-refractivity contribution is 9.10. The Balaban J connectivity index is 2.43. The Hall–Kier alpha value is -2.08. The van der Waals surface area contributed by atoms with Gasteiger partial charge < -0.3 is 15.4 Å². The summed E-state index contributed by atoms with van der Waals surface area (Å²) in [6.07, 6.45) is 1.50. The zero-order chi connectivity index (χ0) is 15.4. The van der Waals surface area contributed by atoms with E-state index in [0.29, 0.717) is 11.3 Å². The number of carbonyl (C=O) groups is 2. The maximum atomic E-state index is 12.2. The third kappa shape index (κ3) is 3.33. The predicted octanol–water partition coefficient (Wildman–Crippen LogP) is 2.81.